The topological polar surface area (TPSA) is 98.0 Å². The number of nitrogens with zero attached hydrogens (tertiary/aromatic N) is 1. The number of phenolic OH excluding ortho intramolecular Hbond substituents is 1. The number of fused-ring (bicyclic) bond motifs is 1. The number of carbonyl (C=O) groups excluding carboxylic acids is 1. The van der Waals surface area contributed by atoms with Gasteiger partial charge in [-0.2, -0.15) is 10.1 Å². The summed E-state index contributed by atoms with van der Waals surface area (Å²) in [6.45, 7) is 3.93. The average molecular weight is 357 g/mol. The average Bonchev–Trinajstić information content (AvgIpc) is 2.67. The molecule has 1 N–H and O–H groups in total. The molecule has 0 aliphatic carbocycles. The second-order valence-corrected chi connectivity index (χ2v) is 5.33. The molecule has 26 heavy (non-hydrogen) atoms. The SMILES string of the molecule is C=C(C#N)C(=O)OOC(COCCOC)c1c(O)ccc2ccccc12. The monoisotopic (exact) mass is 357 g/mol. The quantitative estimate of drug-likeness (QED) is 0.242. The summed E-state index contributed by atoms with van der Waals surface area (Å²) in [4.78, 5) is 21.5. The smallest absolute Gasteiger partial charge is 0.382 e. The Bertz CT molecular complexity index is 826. The molecule has 0 radical (unpaired) electrons. The van der Waals surface area contributed by atoms with Crippen LogP contribution in [0.2, 0.25) is 0 Å². The van der Waals surface area contributed by atoms with Crippen LogP contribution in [0.4, 0.5) is 0 Å². The summed E-state index contributed by atoms with van der Waals surface area (Å²) in [5.41, 5.74) is 0.0158. The van der Waals surface area contributed by atoms with Crippen molar-refractivity contribution in [3.63, 3.8) is 0 Å². The second kappa shape index (κ2) is 9.53. The third kappa shape index (κ3) is 4.80. The predicted octanol–water partition coefficient (Wildman–Crippen LogP) is 2.80. The fraction of sp³-hybridized carbons (Fsp3) is 0.263. The molecule has 0 saturated heterocycles. The summed E-state index contributed by atoms with van der Waals surface area (Å²) in [5.74, 6) is -1.03. The first-order chi connectivity index (χ1) is 12.6. The Hall–Kier alpha value is -2.92. The molecule has 1 atom stereocenters. The highest BCUT2D eigenvalue weighted by Gasteiger charge is 2.23. The number of phenols is 1. The Morgan fingerprint density at radius 1 is 1.27 bits per heavy atom. The van der Waals surface area contributed by atoms with E-state index in [2.05, 4.69) is 11.5 Å². The van der Waals surface area contributed by atoms with Gasteiger partial charge in [0.05, 0.1) is 19.8 Å². The van der Waals surface area contributed by atoms with Crippen molar-refractivity contribution in [3.05, 3.63) is 54.1 Å². The molecule has 7 nitrogen and oxygen atoms in total. The first kappa shape index (κ1) is 19.4. The Balaban J connectivity index is 2.28. The van der Waals surface area contributed by atoms with Crippen LogP contribution in [-0.2, 0) is 24.0 Å². The number of benzene rings is 2. The highest BCUT2D eigenvalue weighted by atomic mass is 17.2. The van der Waals surface area contributed by atoms with E-state index < -0.39 is 17.6 Å². The molecule has 0 aliphatic rings. The number of nitriles is 1. The van der Waals surface area contributed by atoms with Gasteiger partial charge >= 0.3 is 5.97 Å². The highest BCUT2D eigenvalue weighted by molar-refractivity contribution is 5.91. The van der Waals surface area contributed by atoms with Crippen molar-refractivity contribution in [2.45, 2.75) is 6.10 Å². The summed E-state index contributed by atoms with van der Waals surface area (Å²) in [6, 6.07) is 12.2. The number of ether oxygens (including phenoxy) is 2. The molecule has 0 saturated carbocycles. The fourth-order valence-corrected chi connectivity index (χ4v) is 2.31. The second-order valence-electron chi connectivity index (χ2n) is 5.33. The van der Waals surface area contributed by atoms with Gasteiger partial charge in [-0.05, 0) is 16.8 Å². The maximum absolute atomic E-state index is 11.6. The summed E-state index contributed by atoms with van der Waals surface area (Å²) < 4.78 is 10.4. The van der Waals surface area contributed by atoms with E-state index in [0.717, 1.165) is 10.8 Å². The molecule has 0 aliphatic heterocycles. The number of hydrogen-bond acceptors (Lipinski definition) is 7. The van der Waals surface area contributed by atoms with E-state index in [1.165, 1.54) is 6.07 Å². The number of rotatable bonds is 9. The Morgan fingerprint density at radius 3 is 2.77 bits per heavy atom. The van der Waals surface area contributed by atoms with Gasteiger partial charge in [-0.15, -0.1) is 0 Å². The molecule has 0 spiro atoms. The van der Waals surface area contributed by atoms with E-state index in [-0.39, 0.29) is 12.4 Å². The lowest BCUT2D eigenvalue weighted by Gasteiger charge is -2.19. The van der Waals surface area contributed by atoms with Crippen LogP contribution >= 0.6 is 0 Å². The normalized spacial score (nSPS) is 11.7. The number of hydrogen-bond donors (Lipinski definition) is 1. The van der Waals surface area contributed by atoms with Crippen LogP contribution < -0.4 is 0 Å². The lowest BCUT2D eigenvalue weighted by atomic mass is 9.99. The van der Waals surface area contributed by atoms with Crippen LogP contribution in [0.1, 0.15) is 11.7 Å². The first-order valence-corrected chi connectivity index (χ1v) is 7.82. The number of carbonyl (C=O) groups is 1. The van der Waals surface area contributed by atoms with Crippen LogP contribution in [0.5, 0.6) is 5.75 Å². The van der Waals surface area contributed by atoms with E-state index in [9.17, 15) is 9.90 Å². The van der Waals surface area contributed by atoms with Gasteiger partial charge in [0.2, 0.25) is 0 Å². The lowest BCUT2D eigenvalue weighted by molar-refractivity contribution is -0.303. The Labute approximate surface area is 150 Å². The summed E-state index contributed by atoms with van der Waals surface area (Å²) >= 11 is 0. The molecule has 0 heterocycles. The van der Waals surface area contributed by atoms with Crippen LogP contribution in [-0.4, -0.2) is 38.0 Å². The number of methoxy groups -OCH3 is 1. The third-order valence-electron chi connectivity index (χ3n) is 3.59. The van der Waals surface area contributed by atoms with Gasteiger partial charge in [0.15, 0.2) is 6.10 Å². The van der Waals surface area contributed by atoms with Crippen molar-refractivity contribution >= 4 is 16.7 Å². The van der Waals surface area contributed by atoms with Crippen molar-refractivity contribution < 1.29 is 29.1 Å². The minimum atomic E-state index is -1.01. The molecule has 0 aromatic heterocycles. The van der Waals surface area contributed by atoms with Crippen molar-refractivity contribution in [2.75, 3.05) is 26.9 Å². The van der Waals surface area contributed by atoms with Gasteiger partial charge in [0.1, 0.15) is 17.4 Å². The molecule has 0 fully saturated rings. The van der Waals surface area contributed by atoms with Gasteiger partial charge in [-0.3, -0.25) is 4.89 Å². The van der Waals surface area contributed by atoms with Crippen LogP contribution in [0.15, 0.2) is 48.6 Å². The summed E-state index contributed by atoms with van der Waals surface area (Å²) in [7, 11) is 1.54. The molecule has 136 valence electrons. The van der Waals surface area contributed by atoms with Crippen LogP contribution in [0.3, 0.4) is 0 Å². The molecule has 2 aromatic carbocycles. The molecule has 0 amide bonds. The predicted molar refractivity (Wildman–Crippen MR) is 93.0 cm³/mol. The zero-order valence-electron chi connectivity index (χ0n) is 14.3. The van der Waals surface area contributed by atoms with Crippen molar-refractivity contribution in [2.24, 2.45) is 0 Å². The van der Waals surface area contributed by atoms with E-state index in [0.29, 0.717) is 18.8 Å². The van der Waals surface area contributed by atoms with E-state index in [4.69, 9.17) is 19.6 Å². The van der Waals surface area contributed by atoms with Crippen LogP contribution in [0.25, 0.3) is 10.8 Å². The largest absolute Gasteiger partial charge is 0.508 e. The summed E-state index contributed by atoms with van der Waals surface area (Å²) in [6.07, 6.45) is -0.909. The van der Waals surface area contributed by atoms with E-state index >= 15 is 0 Å². The van der Waals surface area contributed by atoms with Crippen molar-refractivity contribution in [1.29, 1.82) is 5.26 Å². The summed E-state index contributed by atoms with van der Waals surface area (Å²) in [5, 5.41) is 20.6. The first-order valence-electron chi connectivity index (χ1n) is 7.82. The minimum absolute atomic E-state index is 0.00274. The molecule has 1 unspecified atom stereocenters. The van der Waals surface area contributed by atoms with Crippen LogP contribution in [0, 0.1) is 11.3 Å². The molecule has 0 bridgehead atoms. The molecule has 2 rings (SSSR count). The Morgan fingerprint density at radius 2 is 2.04 bits per heavy atom. The van der Waals surface area contributed by atoms with Gasteiger partial charge in [0.25, 0.3) is 0 Å². The third-order valence-corrected chi connectivity index (χ3v) is 3.59. The molecule has 2 aromatic rings. The molecular weight excluding hydrogens is 338 g/mol. The molecular formula is C19H19NO6. The Kier molecular flexibility index (Phi) is 7.12. The van der Waals surface area contributed by atoms with E-state index in [1.54, 1.807) is 19.2 Å². The van der Waals surface area contributed by atoms with E-state index in [1.807, 2.05) is 24.3 Å². The van der Waals surface area contributed by atoms with Gasteiger partial charge in [0, 0.05) is 12.7 Å². The lowest BCUT2D eigenvalue weighted by Crippen LogP contribution is -2.17. The molecule has 7 heteroatoms. The van der Waals surface area contributed by atoms with Crippen molar-refractivity contribution in [3.8, 4) is 11.8 Å². The highest BCUT2D eigenvalue weighted by Crippen LogP contribution is 2.34. The van der Waals surface area contributed by atoms with Gasteiger partial charge in [-0.25, -0.2) is 4.79 Å². The fourth-order valence-electron chi connectivity index (χ4n) is 2.31. The maximum atomic E-state index is 11.6. The minimum Gasteiger partial charge on any atom is -0.508 e. The van der Waals surface area contributed by atoms with Gasteiger partial charge in [-0.1, -0.05) is 36.9 Å². The zero-order valence-corrected chi connectivity index (χ0v) is 14.3. The number of aromatic hydroxyl groups is 1. The zero-order chi connectivity index (χ0) is 18.9. The standard InChI is InChI=1S/C19H19NO6/c1-13(11-20)19(22)26-25-17(12-24-10-9-23-2)18-15-6-4-3-5-14(15)7-8-16(18)21/h3-8,17,21H,1,9-10,12H2,2H3. The van der Waals surface area contributed by atoms with Gasteiger partial charge < -0.3 is 14.6 Å². The maximum Gasteiger partial charge on any atom is 0.382 e. The van der Waals surface area contributed by atoms with Crippen molar-refractivity contribution in [1.82, 2.24) is 0 Å².